The van der Waals surface area contributed by atoms with Crippen molar-refractivity contribution in [2.45, 2.75) is 26.4 Å². The summed E-state index contributed by atoms with van der Waals surface area (Å²) in [6.45, 7) is 4.15. The van der Waals surface area contributed by atoms with E-state index in [4.69, 9.17) is 9.47 Å². The van der Waals surface area contributed by atoms with Crippen LogP contribution in [0.25, 0.3) is 0 Å². The Kier molecular flexibility index (Phi) is 9.04. The molecule has 2 aromatic carbocycles. The minimum atomic E-state index is -0.0472. The molecule has 3 N–H and O–H groups in total. The maximum absolute atomic E-state index is 12.1. The van der Waals surface area contributed by atoms with Crippen molar-refractivity contribution < 1.29 is 14.3 Å². The first kappa shape index (κ1) is 22.8. The second kappa shape index (κ2) is 11.5. The predicted molar refractivity (Wildman–Crippen MR) is 124 cm³/mol. The van der Waals surface area contributed by atoms with Crippen LogP contribution in [0.4, 0.5) is 0 Å². The zero-order valence-corrected chi connectivity index (χ0v) is 19.0. The molecule has 1 aliphatic heterocycles. The molecule has 0 bridgehead atoms. The molecule has 0 fully saturated rings. The summed E-state index contributed by atoms with van der Waals surface area (Å²) in [4.78, 5) is 16.4. The summed E-state index contributed by atoms with van der Waals surface area (Å²) >= 11 is 0. The third-order valence-corrected chi connectivity index (χ3v) is 4.31. The first-order valence-electron chi connectivity index (χ1n) is 9.39. The first-order chi connectivity index (χ1) is 13.7. The smallest absolute Gasteiger partial charge is 0.251 e. The fourth-order valence-electron chi connectivity index (χ4n) is 2.81. The van der Waals surface area contributed by atoms with Crippen LogP contribution in [0, 0.1) is 0 Å². The van der Waals surface area contributed by atoms with Crippen LogP contribution in [0.2, 0.25) is 0 Å². The van der Waals surface area contributed by atoms with Crippen LogP contribution in [0.15, 0.2) is 47.5 Å². The summed E-state index contributed by atoms with van der Waals surface area (Å²) in [6, 6.07) is 13.4. The number of halogens is 1. The van der Waals surface area contributed by atoms with Crippen LogP contribution in [0.1, 0.15) is 34.8 Å². The highest BCUT2D eigenvalue weighted by atomic mass is 127. The van der Waals surface area contributed by atoms with Crippen LogP contribution in [-0.4, -0.2) is 32.3 Å². The number of aliphatic imine (C=N–C) groups is 1. The molecular weight excluding hydrogens is 483 g/mol. The molecule has 0 saturated heterocycles. The lowest BCUT2D eigenvalue weighted by molar-refractivity contribution is 0.0953. The largest absolute Gasteiger partial charge is 0.454 e. The van der Waals surface area contributed by atoms with Gasteiger partial charge in [-0.15, -0.1) is 24.0 Å². The van der Waals surface area contributed by atoms with E-state index in [0.29, 0.717) is 31.2 Å². The molecular formula is C21H27IN4O3. The van der Waals surface area contributed by atoms with Gasteiger partial charge in [-0.3, -0.25) is 9.79 Å². The fourth-order valence-corrected chi connectivity index (χ4v) is 2.81. The Morgan fingerprint density at radius 3 is 2.45 bits per heavy atom. The van der Waals surface area contributed by atoms with Gasteiger partial charge in [-0.2, -0.15) is 0 Å². The van der Waals surface area contributed by atoms with Crippen LogP contribution in [0.3, 0.4) is 0 Å². The molecule has 0 radical (unpaired) electrons. The molecule has 0 unspecified atom stereocenters. The molecule has 3 rings (SSSR count). The van der Waals surface area contributed by atoms with Crippen molar-refractivity contribution in [1.29, 1.82) is 0 Å². The SMILES string of the molecule is CCCNC(=O)c1cccc(CNC(=NC)NCc2ccc3c(c2)OCO3)c1.I. The topological polar surface area (TPSA) is 84.0 Å². The maximum Gasteiger partial charge on any atom is 0.251 e. The number of benzene rings is 2. The van der Waals surface area contributed by atoms with E-state index >= 15 is 0 Å². The van der Waals surface area contributed by atoms with Gasteiger partial charge >= 0.3 is 0 Å². The number of carbonyl (C=O) groups is 1. The van der Waals surface area contributed by atoms with Crippen molar-refractivity contribution in [3.05, 3.63) is 59.2 Å². The third kappa shape index (κ3) is 6.52. The van der Waals surface area contributed by atoms with Gasteiger partial charge in [-0.05, 0) is 41.8 Å². The van der Waals surface area contributed by atoms with Gasteiger partial charge in [0.05, 0.1) is 0 Å². The summed E-state index contributed by atoms with van der Waals surface area (Å²) < 4.78 is 10.7. The number of guanidine groups is 1. The van der Waals surface area contributed by atoms with Crippen molar-refractivity contribution in [3.63, 3.8) is 0 Å². The van der Waals surface area contributed by atoms with Crippen LogP contribution in [0.5, 0.6) is 11.5 Å². The highest BCUT2D eigenvalue weighted by Crippen LogP contribution is 2.32. The Bertz CT molecular complexity index is 858. The van der Waals surface area contributed by atoms with E-state index in [9.17, 15) is 4.79 Å². The van der Waals surface area contributed by atoms with Crippen molar-refractivity contribution >= 4 is 35.8 Å². The second-order valence-corrected chi connectivity index (χ2v) is 6.42. The lowest BCUT2D eigenvalue weighted by Gasteiger charge is -2.13. The van der Waals surface area contributed by atoms with Crippen LogP contribution >= 0.6 is 24.0 Å². The quantitative estimate of drug-likeness (QED) is 0.303. The van der Waals surface area contributed by atoms with Gasteiger partial charge in [0.2, 0.25) is 6.79 Å². The molecule has 0 aliphatic carbocycles. The molecule has 2 aromatic rings. The minimum absolute atomic E-state index is 0. The maximum atomic E-state index is 12.1. The number of hydrogen-bond donors (Lipinski definition) is 3. The average Bonchev–Trinajstić information content (AvgIpc) is 3.20. The Balaban J connectivity index is 0.00000300. The number of amides is 1. The summed E-state index contributed by atoms with van der Waals surface area (Å²) in [5.74, 6) is 2.17. The molecule has 0 aromatic heterocycles. The Hall–Kier alpha value is -2.49. The molecule has 0 saturated carbocycles. The Labute approximate surface area is 188 Å². The normalized spacial score (nSPS) is 12.1. The number of nitrogens with one attached hydrogen (secondary N) is 3. The zero-order valence-electron chi connectivity index (χ0n) is 16.7. The van der Waals surface area contributed by atoms with E-state index in [1.165, 1.54) is 0 Å². The van der Waals surface area contributed by atoms with Gasteiger partial charge in [0, 0.05) is 32.2 Å². The molecule has 1 heterocycles. The number of rotatable bonds is 7. The van der Waals surface area contributed by atoms with Gasteiger partial charge < -0.3 is 25.4 Å². The van der Waals surface area contributed by atoms with Crippen molar-refractivity contribution in [2.75, 3.05) is 20.4 Å². The van der Waals surface area contributed by atoms with Gasteiger partial charge in [0.25, 0.3) is 5.91 Å². The van der Waals surface area contributed by atoms with Gasteiger partial charge in [0.1, 0.15) is 0 Å². The fraction of sp³-hybridized carbons (Fsp3) is 0.333. The van der Waals surface area contributed by atoms with Gasteiger partial charge in [0.15, 0.2) is 17.5 Å². The highest BCUT2D eigenvalue weighted by Gasteiger charge is 2.13. The molecule has 156 valence electrons. The molecule has 29 heavy (non-hydrogen) atoms. The average molecular weight is 510 g/mol. The molecule has 1 amide bonds. The van der Waals surface area contributed by atoms with Crippen molar-refractivity contribution in [2.24, 2.45) is 4.99 Å². The number of carbonyl (C=O) groups excluding carboxylic acids is 1. The van der Waals surface area contributed by atoms with E-state index < -0.39 is 0 Å². The summed E-state index contributed by atoms with van der Waals surface area (Å²) in [5.41, 5.74) is 2.74. The molecule has 7 nitrogen and oxygen atoms in total. The molecule has 0 atom stereocenters. The van der Waals surface area contributed by atoms with Crippen LogP contribution < -0.4 is 25.4 Å². The monoisotopic (exact) mass is 510 g/mol. The van der Waals surface area contributed by atoms with Crippen LogP contribution in [-0.2, 0) is 13.1 Å². The lowest BCUT2D eigenvalue weighted by Crippen LogP contribution is -2.36. The van der Waals surface area contributed by atoms with Crippen molar-refractivity contribution in [3.8, 4) is 11.5 Å². The zero-order chi connectivity index (χ0) is 19.8. The summed E-state index contributed by atoms with van der Waals surface area (Å²) in [7, 11) is 1.73. The van der Waals surface area contributed by atoms with Crippen molar-refractivity contribution in [1.82, 2.24) is 16.0 Å². The van der Waals surface area contributed by atoms with E-state index in [1.54, 1.807) is 7.05 Å². The second-order valence-electron chi connectivity index (χ2n) is 6.42. The predicted octanol–water partition coefficient (Wildman–Crippen LogP) is 3.04. The third-order valence-electron chi connectivity index (χ3n) is 4.31. The lowest BCUT2D eigenvalue weighted by atomic mass is 10.1. The molecule has 0 spiro atoms. The molecule has 8 heteroatoms. The first-order valence-corrected chi connectivity index (χ1v) is 9.39. The summed E-state index contributed by atoms with van der Waals surface area (Å²) in [6.07, 6.45) is 0.915. The van der Waals surface area contributed by atoms with E-state index in [2.05, 4.69) is 20.9 Å². The van der Waals surface area contributed by atoms with E-state index in [0.717, 1.165) is 29.0 Å². The number of hydrogen-bond acceptors (Lipinski definition) is 4. The summed E-state index contributed by atoms with van der Waals surface area (Å²) in [5, 5.41) is 9.44. The molecule has 1 aliphatic rings. The standard InChI is InChI=1S/C21H26N4O3.HI/c1-3-9-23-20(26)17-6-4-5-15(10-17)12-24-21(22-2)25-13-16-7-8-18-19(11-16)28-14-27-18;/h4-8,10-11H,3,9,12-14H2,1-2H3,(H,23,26)(H2,22,24,25);1H. The van der Waals surface area contributed by atoms with E-state index in [-0.39, 0.29) is 36.7 Å². The number of ether oxygens (including phenoxy) is 2. The van der Waals surface area contributed by atoms with E-state index in [1.807, 2.05) is 49.4 Å². The van der Waals surface area contributed by atoms with Gasteiger partial charge in [-0.1, -0.05) is 25.1 Å². The highest BCUT2D eigenvalue weighted by molar-refractivity contribution is 14.0. The van der Waals surface area contributed by atoms with Gasteiger partial charge in [-0.25, -0.2) is 0 Å². The number of fused-ring (bicyclic) bond motifs is 1. The minimum Gasteiger partial charge on any atom is -0.454 e. The Morgan fingerprint density at radius 1 is 1.00 bits per heavy atom. The Morgan fingerprint density at radius 2 is 1.72 bits per heavy atom. The number of nitrogens with zero attached hydrogens (tertiary/aromatic N) is 1.